The monoisotopic (exact) mass is 264 g/mol. The van der Waals surface area contributed by atoms with Crippen molar-refractivity contribution in [2.75, 3.05) is 0 Å². The van der Waals surface area contributed by atoms with Crippen LogP contribution in [0.3, 0.4) is 0 Å². The van der Waals surface area contributed by atoms with Crippen LogP contribution in [0.15, 0.2) is 0 Å². The Balaban J connectivity index is 1.98. The minimum Gasteiger partial charge on any atom is -0.481 e. The Morgan fingerprint density at radius 2 is 1.74 bits per heavy atom. The lowest BCUT2D eigenvalue weighted by Crippen LogP contribution is -2.45. The third-order valence-electron chi connectivity index (χ3n) is 4.43. The van der Waals surface area contributed by atoms with Crippen molar-refractivity contribution >= 4 is 11.9 Å². The minimum absolute atomic E-state index is 0.0890. The van der Waals surface area contributed by atoms with E-state index in [0.29, 0.717) is 12.8 Å². The summed E-state index contributed by atoms with van der Waals surface area (Å²) in [5.41, 5.74) is 0. The van der Waals surface area contributed by atoms with Gasteiger partial charge >= 0.3 is 5.97 Å². The standard InChI is InChI=1S/C14H20N2O3/c15-8-9-4-3-7-12(9)16-13(17)10-5-1-2-6-11(10)14(18)19/h9-12H,1-7H2,(H,16,17)(H,18,19)/t9?,10-,11+,12?/m1/s1. The lowest BCUT2D eigenvalue weighted by atomic mass is 9.78. The summed E-state index contributed by atoms with van der Waals surface area (Å²) in [6, 6.07) is 2.14. The summed E-state index contributed by atoms with van der Waals surface area (Å²) in [5.74, 6) is -2.14. The van der Waals surface area contributed by atoms with Crippen molar-refractivity contribution in [3.63, 3.8) is 0 Å². The molecule has 5 heteroatoms. The van der Waals surface area contributed by atoms with E-state index in [9.17, 15) is 14.7 Å². The van der Waals surface area contributed by atoms with E-state index < -0.39 is 17.8 Å². The highest BCUT2D eigenvalue weighted by atomic mass is 16.4. The molecule has 5 nitrogen and oxygen atoms in total. The van der Waals surface area contributed by atoms with Crippen LogP contribution in [0.5, 0.6) is 0 Å². The molecule has 104 valence electrons. The summed E-state index contributed by atoms with van der Waals surface area (Å²) in [6.07, 6.45) is 5.63. The van der Waals surface area contributed by atoms with E-state index in [2.05, 4.69) is 11.4 Å². The Morgan fingerprint density at radius 1 is 1.05 bits per heavy atom. The minimum atomic E-state index is -0.872. The van der Waals surface area contributed by atoms with Crippen molar-refractivity contribution in [2.45, 2.75) is 51.0 Å². The number of hydrogen-bond donors (Lipinski definition) is 2. The van der Waals surface area contributed by atoms with E-state index in [0.717, 1.165) is 32.1 Å². The molecule has 0 heterocycles. The maximum atomic E-state index is 12.2. The lowest BCUT2D eigenvalue weighted by molar-refractivity contribution is -0.149. The quantitative estimate of drug-likeness (QED) is 0.811. The largest absolute Gasteiger partial charge is 0.481 e. The van der Waals surface area contributed by atoms with Gasteiger partial charge < -0.3 is 10.4 Å². The maximum absolute atomic E-state index is 12.2. The summed E-state index contributed by atoms with van der Waals surface area (Å²) in [7, 11) is 0. The molecule has 0 aromatic heterocycles. The zero-order chi connectivity index (χ0) is 13.8. The van der Waals surface area contributed by atoms with Crippen LogP contribution in [0.2, 0.25) is 0 Å². The summed E-state index contributed by atoms with van der Waals surface area (Å²) >= 11 is 0. The van der Waals surface area contributed by atoms with Crippen molar-refractivity contribution < 1.29 is 14.7 Å². The van der Waals surface area contributed by atoms with E-state index in [4.69, 9.17) is 5.26 Å². The van der Waals surface area contributed by atoms with Gasteiger partial charge in [-0.1, -0.05) is 12.8 Å². The zero-order valence-corrected chi connectivity index (χ0v) is 11.0. The molecular formula is C14H20N2O3. The Kier molecular flexibility index (Phi) is 4.41. The Morgan fingerprint density at radius 3 is 2.37 bits per heavy atom. The second kappa shape index (κ2) is 6.05. The number of carboxylic acids is 1. The highest BCUT2D eigenvalue weighted by Crippen LogP contribution is 2.32. The average molecular weight is 264 g/mol. The predicted octanol–water partition coefficient (Wildman–Crippen LogP) is 1.69. The molecule has 2 aliphatic carbocycles. The van der Waals surface area contributed by atoms with Gasteiger partial charge in [-0.3, -0.25) is 9.59 Å². The Labute approximate surface area is 113 Å². The van der Waals surface area contributed by atoms with Crippen molar-refractivity contribution in [2.24, 2.45) is 17.8 Å². The van der Waals surface area contributed by atoms with Crippen LogP contribution in [0.4, 0.5) is 0 Å². The topological polar surface area (TPSA) is 90.2 Å². The van der Waals surface area contributed by atoms with Crippen LogP contribution in [-0.2, 0) is 9.59 Å². The third-order valence-corrected chi connectivity index (χ3v) is 4.43. The molecule has 0 aromatic rings. The highest BCUT2D eigenvalue weighted by Gasteiger charge is 2.38. The molecule has 0 aromatic carbocycles. The molecule has 2 aliphatic rings. The van der Waals surface area contributed by atoms with E-state index in [-0.39, 0.29) is 17.9 Å². The van der Waals surface area contributed by atoms with Gasteiger partial charge in [-0.25, -0.2) is 0 Å². The van der Waals surface area contributed by atoms with Crippen LogP contribution < -0.4 is 5.32 Å². The second-order valence-electron chi connectivity index (χ2n) is 5.62. The van der Waals surface area contributed by atoms with Gasteiger partial charge in [-0.15, -0.1) is 0 Å². The summed E-state index contributed by atoms with van der Waals surface area (Å²) in [6.45, 7) is 0. The zero-order valence-electron chi connectivity index (χ0n) is 11.0. The maximum Gasteiger partial charge on any atom is 0.307 e. The SMILES string of the molecule is N#CC1CCCC1NC(=O)[C@@H]1CCCC[C@@H]1C(=O)O. The number of nitrogens with one attached hydrogen (secondary N) is 1. The van der Waals surface area contributed by atoms with E-state index >= 15 is 0 Å². The van der Waals surface area contributed by atoms with E-state index in [1.807, 2.05) is 0 Å². The van der Waals surface area contributed by atoms with Crippen molar-refractivity contribution in [1.82, 2.24) is 5.32 Å². The van der Waals surface area contributed by atoms with E-state index in [1.54, 1.807) is 0 Å². The molecule has 2 rings (SSSR count). The number of amides is 1. The average Bonchev–Trinajstić information content (AvgIpc) is 2.85. The first kappa shape index (κ1) is 13.9. The number of hydrogen-bond acceptors (Lipinski definition) is 3. The van der Waals surface area contributed by atoms with Crippen molar-refractivity contribution in [3.05, 3.63) is 0 Å². The number of aliphatic carboxylic acids is 1. The fourth-order valence-electron chi connectivity index (χ4n) is 3.32. The van der Waals surface area contributed by atoms with Gasteiger partial charge in [-0.05, 0) is 32.1 Å². The number of nitrogens with zero attached hydrogens (tertiary/aromatic N) is 1. The van der Waals surface area contributed by atoms with Crippen molar-refractivity contribution in [1.29, 1.82) is 5.26 Å². The highest BCUT2D eigenvalue weighted by molar-refractivity contribution is 5.85. The molecule has 0 radical (unpaired) electrons. The first-order chi connectivity index (χ1) is 9.13. The molecule has 0 saturated heterocycles. The molecule has 4 atom stereocenters. The molecule has 1 amide bonds. The number of rotatable bonds is 3. The fourth-order valence-corrected chi connectivity index (χ4v) is 3.32. The van der Waals surface area contributed by atoms with Crippen molar-refractivity contribution in [3.8, 4) is 6.07 Å². The molecule has 2 N–H and O–H groups in total. The predicted molar refractivity (Wildman–Crippen MR) is 68.0 cm³/mol. The van der Waals surface area contributed by atoms with Crippen LogP contribution in [0, 0.1) is 29.1 Å². The molecule has 0 aliphatic heterocycles. The molecular weight excluding hydrogens is 244 g/mol. The smallest absolute Gasteiger partial charge is 0.307 e. The van der Waals surface area contributed by atoms with E-state index in [1.165, 1.54) is 0 Å². The Bertz CT molecular complexity index is 402. The molecule has 0 bridgehead atoms. The van der Waals surface area contributed by atoms with Gasteiger partial charge in [0, 0.05) is 6.04 Å². The number of carbonyl (C=O) groups excluding carboxylic acids is 1. The van der Waals surface area contributed by atoms with Gasteiger partial charge in [0.25, 0.3) is 0 Å². The summed E-state index contributed by atoms with van der Waals surface area (Å²) < 4.78 is 0. The van der Waals surface area contributed by atoms with Gasteiger partial charge in [0.05, 0.1) is 23.8 Å². The Hall–Kier alpha value is -1.57. The van der Waals surface area contributed by atoms with Crippen LogP contribution in [0.1, 0.15) is 44.9 Å². The third kappa shape index (κ3) is 3.06. The second-order valence-corrected chi connectivity index (χ2v) is 5.62. The van der Waals surface area contributed by atoms with Gasteiger partial charge in [0.2, 0.25) is 5.91 Å². The summed E-state index contributed by atoms with van der Waals surface area (Å²) in [5, 5.41) is 21.1. The first-order valence-electron chi connectivity index (χ1n) is 7.06. The van der Waals surface area contributed by atoms with Crippen LogP contribution >= 0.6 is 0 Å². The molecule has 2 unspecified atom stereocenters. The van der Waals surface area contributed by atoms with Gasteiger partial charge in [-0.2, -0.15) is 5.26 Å². The molecule has 2 saturated carbocycles. The number of carbonyl (C=O) groups is 2. The molecule has 0 spiro atoms. The molecule has 2 fully saturated rings. The van der Waals surface area contributed by atoms with Gasteiger partial charge in [0.1, 0.15) is 0 Å². The van der Waals surface area contributed by atoms with Gasteiger partial charge in [0.15, 0.2) is 0 Å². The normalized spacial score (nSPS) is 34.5. The summed E-state index contributed by atoms with van der Waals surface area (Å²) in [4.78, 5) is 23.4. The molecule has 19 heavy (non-hydrogen) atoms. The lowest BCUT2D eigenvalue weighted by Gasteiger charge is -2.29. The van der Waals surface area contributed by atoms with Crippen LogP contribution in [0.25, 0.3) is 0 Å². The fraction of sp³-hybridized carbons (Fsp3) is 0.786. The number of carboxylic acid groups (broad SMARTS) is 1. The first-order valence-corrected chi connectivity index (χ1v) is 7.06. The number of nitriles is 1. The van der Waals surface area contributed by atoms with Crippen LogP contribution in [-0.4, -0.2) is 23.0 Å².